The molecule has 0 aromatic heterocycles. The molecule has 1 aromatic carbocycles. The number of nitrogens with two attached hydrogens (primary N) is 1. The monoisotopic (exact) mass is 288 g/mol. The summed E-state index contributed by atoms with van der Waals surface area (Å²) >= 11 is 0. The Labute approximate surface area is 128 Å². The Bertz CT molecular complexity index is 490. The molecule has 1 fully saturated rings. The predicted octanol–water partition coefficient (Wildman–Crippen LogP) is 2.89. The molecule has 1 saturated heterocycles. The summed E-state index contributed by atoms with van der Waals surface area (Å²) in [6, 6.07) is 9.29. The second-order valence-corrected chi connectivity index (χ2v) is 6.91. The third-order valence-electron chi connectivity index (χ3n) is 5.43. The van der Waals surface area contributed by atoms with Crippen molar-refractivity contribution in [2.45, 2.75) is 56.7 Å². The summed E-state index contributed by atoms with van der Waals surface area (Å²) < 4.78 is 5.75. The van der Waals surface area contributed by atoms with Crippen molar-refractivity contribution in [3.8, 4) is 0 Å². The third kappa shape index (κ3) is 3.01. The Morgan fingerprint density at radius 2 is 2.10 bits per heavy atom. The highest BCUT2D eigenvalue weighted by Gasteiger charge is 2.37. The molecule has 3 heteroatoms. The minimum atomic E-state index is -0.0101. The Kier molecular flexibility index (Phi) is 4.34. The molecule has 1 aliphatic heterocycles. The summed E-state index contributed by atoms with van der Waals surface area (Å²) in [5.74, 6) is 0. The van der Waals surface area contributed by atoms with Crippen LogP contribution in [0.15, 0.2) is 24.3 Å². The first-order valence-electron chi connectivity index (χ1n) is 8.25. The zero-order valence-electron chi connectivity index (χ0n) is 13.3. The second-order valence-electron chi connectivity index (χ2n) is 6.91. The van der Waals surface area contributed by atoms with Crippen LogP contribution in [0.2, 0.25) is 0 Å². The van der Waals surface area contributed by atoms with Gasteiger partial charge in [-0.25, -0.2) is 0 Å². The number of piperidine rings is 1. The Morgan fingerprint density at radius 1 is 1.29 bits per heavy atom. The van der Waals surface area contributed by atoms with Gasteiger partial charge in [0.1, 0.15) is 0 Å². The highest BCUT2D eigenvalue weighted by molar-refractivity contribution is 5.32. The molecule has 2 N–H and O–H groups in total. The standard InChI is InChI=1S/C18H28N2O/c1-18(21-2)11-6-12-20(13-18)16-10-5-8-14-7-3-4-9-15(14)17(16)19/h3-4,7,9,16-17H,5-6,8,10-13,19H2,1-2H3. The fourth-order valence-electron chi connectivity index (χ4n) is 4.08. The largest absolute Gasteiger partial charge is 0.377 e. The average molecular weight is 288 g/mol. The number of nitrogens with zero attached hydrogens (tertiary/aromatic N) is 1. The van der Waals surface area contributed by atoms with Crippen LogP contribution in [-0.4, -0.2) is 36.7 Å². The topological polar surface area (TPSA) is 38.5 Å². The van der Waals surface area contributed by atoms with E-state index in [0.29, 0.717) is 6.04 Å². The third-order valence-corrected chi connectivity index (χ3v) is 5.43. The van der Waals surface area contributed by atoms with Gasteiger partial charge in [-0.05, 0) is 56.7 Å². The second kappa shape index (κ2) is 6.07. The summed E-state index contributed by atoms with van der Waals surface area (Å²) in [5.41, 5.74) is 9.45. The van der Waals surface area contributed by atoms with E-state index in [4.69, 9.17) is 10.5 Å². The van der Waals surface area contributed by atoms with Crippen molar-refractivity contribution in [1.29, 1.82) is 0 Å². The molecule has 0 radical (unpaired) electrons. The van der Waals surface area contributed by atoms with Gasteiger partial charge in [0.25, 0.3) is 0 Å². The van der Waals surface area contributed by atoms with Crippen LogP contribution < -0.4 is 5.73 Å². The van der Waals surface area contributed by atoms with Gasteiger partial charge < -0.3 is 10.5 Å². The van der Waals surface area contributed by atoms with Gasteiger partial charge in [-0.1, -0.05) is 24.3 Å². The van der Waals surface area contributed by atoms with Crippen LogP contribution in [0, 0.1) is 0 Å². The summed E-state index contributed by atoms with van der Waals surface area (Å²) in [7, 11) is 1.84. The van der Waals surface area contributed by atoms with Gasteiger partial charge in [-0.3, -0.25) is 4.90 Å². The Hall–Kier alpha value is -0.900. The zero-order chi connectivity index (χ0) is 14.9. The zero-order valence-corrected chi connectivity index (χ0v) is 13.3. The molecule has 2 aliphatic rings. The molecule has 0 bridgehead atoms. The minimum Gasteiger partial charge on any atom is -0.377 e. The Balaban J connectivity index is 1.82. The van der Waals surface area contributed by atoms with E-state index in [-0.39, 0.29) is 11.6 Å². The highest BCUT2D eigenvalue weighted by atomic mass is 16.5. The van der Waals surface area contributed by atoms with Crippen molar-refractivity contribution >= 4 is 0 Å². The molecule has 0 amide bonds. The van der Waals surface area contributed by atoms with Gasteiger partial charge >= 0.3 is 0 Å². The maximum Gasteiger partial charge on any atom is 0.0777 e. The number of hydrogen-bond acceptors (Lipinski definition) is 3. The van der Waals surface area contributed by atoms with Gasteiger partial charge in [0, 0.05) is 25.7 Å². The molecule has 3 rings (SSSR count). The molecule has 1 aromatic rings. The lowest BCUT2D eigenvalue weighted by Crippen LogP contribution is -2.53. The van der Waals surface area contributed by atoms with Crippen LogP contribution in [0.4, 0.5) is 0 Å². The summed E-state index contributed by atoms with van der Waals surface area (Å²) in [6.07, 6.45) is 5.94. The molecule has 3 unspecified atom stereocenters. The number of benzene rings is 1. The molecule has 21 heavy (non-hydrogen) atoms. The number of methoxy groups -OCH3 is 1. The number of likely N-dealkylation sites (tertiary alicyclic amines) is 1. The van der Waals surface area contributed by atoms with Crippen molar-refractivity contribution in [3.05, 3.63) is 35.4 Å². The fourth-order valence-corrected chi connectivity index (χ4v) is 4.08. The van der Waals surface area contributed by atoms with E-state index in [1.165, 1.54) is 30.4 Å². The van der Waals surface area contributed by atoms with Crippen LogP contribution in [-0.2, 0) is 11.2 Å². The summed E-state index contributed by atoms with van der Waals surface area (Å²) in [4.78, 5) is 2.58. The molecule has 0 spiro atoms. The van der Waals surface area contributed by atoms with E-state index in [1.807, 2.05) is 7.11 Å². The van der Waals surface area contributed by atoms with Crippen molar-refractivity contribution in [2.75, 3.05) is 20.2 Å². The van der Waals surface area contributed by atoms with Gasteiger partial charge in [0.2, 0.25) is 0 Å². The number of aryl methyl sites for hydroxylation is 1. The minimum absolute atomic E-state index is 0.0101. The van der Waals surface area contributed by atoms with E-state index in [1.54, 1.807) is 0 Å². The SMILES string of the molecule is COC1(C)CCCN(C2CCCc3ccccc3C2N)C1. The number of ether oxygens (including phenoxy) is 1. The number of rotatable bonds is 2. The van der Waals surface area contributed by atoms with Crippen molar-refractivity contribution in [1.82, 2.24) is 4.90 Å². The van der Waals surface area contributed by atoms with Crippen LogP contribution in [0.5, 0.6) is 0 Å². The molecule has 116 valence electrons. The van der Waals surface area contributed by atoms with Crippen LogP contribution >= 0.6 is 0 Å². The quantitative estimate of drug-likeness (QED) is 0.850. The predicted molar refractivity (Wildman–Crippen MR) is 86.3 cm³/mol. The van der Waals surface area contributed by atoms with Gasteiger partial charge in [-0.15, -0.1) is 0 Å². The first-order valence-corrected chi connectivity index (χ1v) is 8.25. The number of fused-ring (bicyclic) bond motifs is 1. The first kappa shape index (κ1) is 15.0. The van der Waals surface area contributed by atoms with Crippen molar-refractivity contribution < 1.29 is 4.74 Å². The lowest BCUT2D eigenvalue weighted by atomic mass is 9.90. The molecule has 3 nitrogen and oxygen atoms in total. The van der Waals surface area contributed by atoms with Crippen molar-refractivity contribution in [3.63, 3.8) is 0 Å². The van der Waals surface area contributed by atoms with E-state index >= 15 is 0 Å². The van der Waals surface area contributed by atoms with E-state index in [9.17, 15) is 0 Å². The van der Waals surface area contributed by atoms with Crippen LogP contribution in [0.25, 0.3) is 0 Å². The lowest BCUT2D eigenvalue weighted by Gasteiger charge is -2.44. The van der Waals surface area contributed by atoms with Gasteiger partial charge in [-0.2, -0.15) is 0 Å². The highest BCUT2D eigenvalue weighted by Crippen LogP contribution is 2.34. The molecule has 1 aliphatic carbocycles. The smallest absolute Gasteiger partial charge is 0.0777 e. The van der Waals surface area contributed by atoms with E-state index in [2.05, 4.69) is 36.1 Å². The van der Waals surface area contributed by atoms with Crippen LogP contribution in [0.3, 0.4) is 0 Å². The first-order chi connectivity index (χ1) is 10.1. The van der Waals surface area contributed by atoms with Crippen molar-refractivity contribution in [2.24, 2.45) is 5.73 Å². The maximum absolute atomic E-state index is 6.67. The van der Waals surface area contributed by atoms with Gasteiger partial charge in [0.15, 0.2) is 0 Å². The fraction of sp³-hybridized carbons (Fsp3) is 0.667. The lowest BCUT2D eigenvalue weighted by molar-refractivity contribution is -0.0646. The number of hydrogen-bond donors (Lipinski definition) is 1. The molecular formula is C18H28N2O. The summed E-state index contributed by atoms with van der Waals surface area (Å²) in [6.45, 7) is 4.39. The Morgan fingerprint density at radius 3 is 2.90 bits per heavy atom. The normalized spacial score (nSPS) is 34.2. The summed E-state index contributed by atoms with van der Waals surface area (Å²) in [5, 5.41) is 0. The maximum atomic E-state index is 6.67. The average Bonchev–Trinajstić information content (AvgIpc) is 2.67. The van der Waals surface area contributed by atoms with Crippen LogP contribution in [0.1, 0.15) is 49.8 Å². The molecule has 3 atom stereocenters. The molecular weight excluding hydrogens is 260 g/mol. The van der Waals surface area contributed by atoms with E-state index in [0.717, 1.165) is 25.9 Å². The van der Waals surface area contributed by atoms with E-state index < -0.39 is 0 Å². The molecule has 0 saturated carbocycles. The molecule has 1 heterocycles. The van der Waals surface area contributed by atoms with Gasteiger partial charge in [0.05, 0.1) is 5.60 Å².